The van der Waals surface area contributed by atoms with Gasteiger partial charge in [-0.1, -0.05) is 84.9 Å². The lowest BCUT2D eigenvalue weighted by Crippen LogP contribution is -2.51. The Hall–Kier alpha value is -4.47. The summed E-state index contributed by atoms with van der Waals surface area (Å²) in [5.41, 5.74) is 5.20. The molecule has 0 fully saturated rings. The molecule has 4 aromatic carbocycles. The highest BCUT2D eigenvalue weighted by Gasteiger charge is 2.32. The number of aromatic carboxylic acids is 1. The van der Waals surface area contributed by atoms with Crippen LogP contribution in [0.4, 0.5) is 10.5 Å². The number of halogens is 1. The third kappa shape index (κ3) is 6.37. The summed E-state index contributed by atoms with van der Waals surface area (Å²) in [7, 11) is 0. The van der Waals surface area contributed by atoms with Crippen LogP contribution in [-0.4, -0.2) is 41.8 Å². The Balaban J connectivity index is 1.32. The van der Waals surface area contributed by atoms with Gasteiger partial charge in [-0.25, -0.2) is 9.59 Å². The van der Waals surface area contributed by atoms with E-state index in [1.54, 1.807) is 19.1 Å². The van der Waals surface area contributed by atoms with Crippen molar-refractivity contribution in [1.29, 1.82) is 0 Å². The van der Waals surface area contributed by atoms with Gasteiger partial charge in [0.2, 0.25) is 5.91 Å². The predicted molar refractivity (Wildman–Crippen MR) is 162 cm³/mol. The number of para-hydroxylation sites is 1. The smallest absolute Gasteiger partial charge is 0.407 e. The highest BCUT2D eigenvalue weighted by atomic mass is 79.9. The third-order valence-corrected chi connectivity index (χ3v) is 7.88. The first-order chi connectivity index (χ1) is 20.3. The number of hydrogen-bond acceptors (Lipinski definition) is 5. The van der Waals surface area contributed by atoms with Crippen molar-refractivity contribution in [2.75, 3.05) is 11.9 Å². The molecule has 42 heavy (non-hydrogen) atoms. The van der Waals surface area contributed by atoms with Gasteiger partial charge in [0.1, 0.15) is 12.6 Å². The molecule has 0 bridgehead atoms. The number of carbonyl (C=O) groups excluding carboxylic acids is 2. The number of ether oxygens (including phenoxy) is 2. The molecule has 2 atom stereocenters. The lowest BCUT2D eigenvalue weighted by molar-refractivity contribution is -0.121. The third-order valence-electron chi connectivity index (χ3n) is 7.22. The summed E-state index contributed by atoms with van der Waals surface area (Å²) in [5.74, 6) is -2.01. The fourth-order valence-corrected chi connectivity index (χ4v) is 5.56. The fourth-order valence-electron chi connectivity index (χ4n) is 5.09. The molecule has 9 heteroatoms. The SMILES string of the molecule is CC(OCc1ccccc1)C(NC(=O)OCC1c2ccccc2-c2ccccc21)C(=O)Nc1c(Br)cccc1C(=O)O. The summed E-state index contributed by atoms with van der Waals surface area (Å²) in [6.45, 7) is 1.93. The number of carboxylic acid groups (broad SMARTS) is 1. The van der Waals surface area contributed by atoms with Gasteiger partial charge >= 0.3 is 12.1 Å². The van der Waals surface area contributed by atoms with Gasteiger partial charge in [-0.3, -0.25) is 4.79 Å². The van der Waals surface area contributed by atoms with E-state index in [2.05, 4.69) is 26.6 Å². The Kier molecular flexibility index (Phi) is 9.00. The Morgan fingerprint density at radius 3 is 2.12 bits per heavy atom. The van der Waals surface area contributed by atoms with Crippen LogP contribution in [-0.2, 0) is 20.9 Å². The number of carbonyl (C=O) groups is 3. The molecule has 0 aliphatic heterocycles. The van der Waals surface area contributed by atoms with E-state index in [9.17, 15) is 19.5 Å². The van der Waals surface area contributed by atoms with E-state index in [0.717, 1.165) is 27.8 Å². The fraction of sp³-hybridized carbons (Fsp3) is 0.182. The molecule has 3 N–H and O–H groups in total. The van der Waals surface area contributed by atoms with Gasteiger partial charge in [-0.05, 0) is 62.8 Å². The minimum absolute atomic E-state index is 0.0703. The summed E-state index contributed by atoms with van der Waals surface area (Å²) < 4.78 is 12.0. The Morgan fingerprint density at radius 1 is 0.857 bits per heavy atom. The molecular formula is C33H29BrN2O6. The molecule has 2 amide bonds. The number of alkyl carbamates (subject to hydrolysis) is 1. The number of hydrogen-bond donors (Lipinski definition) is 3. The zero-order valence-corrected chi connectivity index (χ0v) is 24.3. The second kappa shape index (κ2) is 13.0. The summed E-state index contributed by atoms with van der Waals surface area (Å²) in [4.78, 5) is 38.5. The van der Waals surface area contributed by atoms with Crippen LogP contribution in [0.15, 0.2) is 102 Å². The highest BCUT2D eigenvalue weighted by molar-refractivity contribution is 9.10. The van der Waals surface area contributed by atoms with E-state index in [4.69, 9.17) is 9.47 Å². The van der Waals surface area contributed by atoms with Gasteiger partial charge in [0.05, 0.1) is 24.0 Å². The number of anilines is 1. The molecule has 5 rings (SSSR count). The molecule has 214 valence electrons. The van der Waals surface area contributed by atoms with Crippen molar-refractivity contribution in [3.8, 4) is 11.1 Å². The van der Waals surface area contributed by atoms with Crippen molar-refractivity contribution in [3.05, 3.63) is 124 Å². The number of benzene rings is 4. The number of amides is 2. The number of nitrogens with one attached hydrogen (secondary N) is 2. The van der Waals surface area contributed by atoms with Gasteiger partial charge in [-0.2, -0.15) is 0 Å². The zero-order valence-electron chi connectivity index (χ0n) is 22.8. The van der Waals surface area contributed by atoms with Crippen LogP contribution in [0.3, 0.4) is 0 Å². The van der Waals surface area contributed by atoms with E-state index in [-0.39, 0.29) is 30.4 Å². The van der Waals surface area contributed by atoms with Crippen molar-refractivity contribution in [3.63, 3.8) is 0 Å². The summed E-state index contributed by atoms with van der Waals surface area (Å²) in [6.07, 6.45) is -1.58. The van der Waals surface area contributed by atoms with Gasteiger partial charge in [0.25, 0.3) is 0 Å². The standard InChI is InChI=1S/C33H29BrN2O6/c1-20(41-18-21-10-3-2-4-11-21)29(31(37)35-30-26(32(38)39)16-9-17-28(30)34)36-33(40)42-19-27-24-14-7-5-12-22(24)23-13-6-8-15-25(23)27/h2-17,20,27,29H,18-19H2,1H3,(H,35,37)(H,36,40)(H,38,39). The molecule has 1 aliphatic carbocycles. The molecular weight excluding hydrogens is 600 g/mol. The minimum Gasteiger partial charge on any atom is -0.478 e. The van der Waals surface area contributed by atoms with Gasteiger partial charge in [-0.15, -0.1) is 0 Å². The van der Waals surface area contributed by atoms with Crippen LogP contribution < -0.4 is 10.6 Å². The second-order valence-corrected chi connectivity index (χ2v) is 10.8. The van der Waals surface area contributed by atoms with Crippen LogP contribution in [0.2, 0.25) is 0 Å². The van der Waals surface area contributed by atoms with Gasteiger partial charge < -0.3 is 25.2 Å². The van der Waals surface area contributed by atoms with E-state index in [1.165, 1.54) is 6.07 Å². The topological polar surface area (TPSA) is 114 Å². The van der Waals surface area contributed by atoms with E-state index < -0.39 is 30.1 Å². The maximum Gasteiger partial charge on any atom is 0.407 e. The maximum absolute atomic E-state index is 13.5. The van der Waals surface area contributed by atoms with Gasteiger partial charge in [0, 0.05) is 10.4 Å². The quantitative estimate of drug-likeness (QED) is 0.182. The van der Waals surface area contributed by atoms with Crippen molar-refractivity contribution >= 4 is 39.6 Å². The van der Waals surface area contributed by atoms with Gasteiger partial charge in [0.15, 0.2) is 0 Å². The summed E-state index contributed by atoms with van der Waals surface area (Å²) >= 11 is 3.31. The number of rotatable bonds is 10. The Labute approximate surface area is 251 Å². The Bertz CT molecular complexity index is 1560. The van der Waals surface area contributed by atoms with Crippen molar-refractivity contribution < 1.29 is 29.0 Å². The molecule has 4 aromatic rings. The maximum atomic E-state index is 13.5. The van der Waals surface area contributed by atoms with Crippen LogP contribution in [0, 0.1) is 0 Å². The minimum atomic E-state index is -1.21. The van der Waals surface area contributed by atoms with Crippen molar-refractivity contribution in [1.82, 2.24) is 5.32 Å². The first kappa shape index (κ1) is 29.0. The molecule has 8 nitrogen and oxygen atoms in total. The van der Waals surface area contributed by atoms with Crippen LogP contribution >= 0.6 is 15.9 Å². The zero-order chi connectivity index (χ0) is 29.6. The van der Waals surface area contributed by atoms with E-state index in [1.807, 2.05) is 78.9 Å². The van der Waals surface area contributed by atoms with Crippen molar-refractivity contribution in [2.24, 2.45) is 0 Å². The molecule has 0 saturated heterocycles. The average molecular weight is 630 g/mol. The summed E-state index contributed by atoms with van der Waals surface area (Å²) in [5, 5.41) is 14.9. The molecule has 0 aromatic heterocycles. The first-order valence-corrected chi connectivity index (χ1v) is 14.2. The molecule has 0 spiro atoms. The molecule has 0 saturated carbocycles. The largest absolute Gasteiger partial charge is 0.478 e. The second-order valence-electron chi connectivity index (χ2n) is 9.91. The van der Waals surface area contributed by atoms with Crippen LogP contribution in [0.25, 0.3) is 11.1 Å². The first-order valence-electron chi connectivity index (χ1n) is 13.4. The Morgan fingerprint density at radius 2 is 1.48 bits per heavy atom. The van der Waals surface area contributed by atoms with Crippen molar-refractivity contribution in [2.45, 2.75) is 31.6 Å². The number of carboxylic acids is 1. The average Bonchev–Trinajstić information content (AvgIpc) is 3.32. The molecule has 0 radical (unpaired) electrons. The lowest BCUT2D eigenvalue weighted by atomic mass is 9.98. The molecule has 0 heterocycles. The number of fused-ring (bicyclic) bond motifs is 3. The summed E-state index contributed by atoms with van der Waals surface area (Å²) in [6, 6.07) is 28.8. The van der Waals surface area contributed by atoms with E-state index in [0.29, 0.717) is 4.47 Å². The monoisotopic (exact) mass is 628 g/mol. The van der Waals surface area contributed by atoms with Crippen LogP contribution in [0.5, 0.6) is 0 Å². The molecule has 2 unspecified atom stereocenters. The lowest BCUT2D eigenvalue weighted by Gasteiger charge is -2.25. The van der Waals surface area contributed by atoms with E-state index >= 15 is 0 Å². The van der Waals surface area contributed by atoms with Crippen LogP contribution in [0.1, 0.15) is 39.9 Å². The predicted octanol–water partition coefficient (Wildman–Crippen LogP) is 6.60. The molecule has 1 aliphatic rings. The normalized spacial score (nSPS) is 13.4. The highest BCUT2D eigenvalue weighted by Crippen LogP contribution is 2.44.